The van der Waals surface area contributed by atoms with E-state index in [4.69, 9.17) is 37.3 Å². The van der Waals surface area contributed by atoms with Crippen LogP contribution in [0.3, 0.4) is 0 Å². The lowest BCUT2D eigenvalue weighted by Crippen LogP contribution is -2.44. The Labute approximate surface area is 233 Å². The van der Waals surface area contributed by atoms with Gasteiger partial charge >= 0.3 is 0 Å². The van der Waals surface area contributed by atoms with Gasteiger partial charge in [-0.15, -0.1) is 0 Å². The van der Waals surface area contributed by atoms with E-state index >= 15 is 0 Å². The van der Waals surface area contributed by atoms with Crippen molar-refractivity contribution in [2.24, 2.45) is 0 Å². The van der Waals surface area contributed by atoms with Crippen LogP contribution in [0.1, 0.15) is 0 Å². The Bertz CT molecular complexity index is 1430. The standard InChI is InChI=1S/C31H26Cl2N2O2P/c32-23-16-17-27(28(33)22-23)29-34-30(31(37-29)35-18-20-36-21-19-35)38(24-10-4-1-5-11-24,25-12-6-2-7-13-25)26-14-8-3-9-15-26/h1-17,22H,18-21H2/q+1. The largest absolute Gasteiger partial charge is 0.416 e. The third-order valence-corrected chi connectivity index (χ3v) is 11.5. The van der Waals surface area contributed by atoms with Gasteiger partial charge in [0.1, 0.15) is 15.9 Å². The molecule has 0 radical (unpaired) electrons. The quantitative estimate of drug-likeness (QED) is 0.235. The maximum atomic E-state index is 6.69. The van der Waals surface area contributed by atoms with Gasteiger partial charge in [-0.3, -0.25) is 0 Å². The molecule has 1 aromatic heterocycles. The molecule has 190 valence electrons. The van der Waals surface area contributed by atoms with Crippen molar-refractivity contribution in [1.29, 1.82) is 0 Å². The molecule has 0 N–H and O–H groups in total. The van der Waals surface area contributed by atoms with Crippen molar-refractivity contribution in [1.82, 2.24) is 4.98 Å². The molecule has 6 rings (SSSR count). The second-order valence-corrected chi connectivity index (χ2v) is 13.2. The Kier molecular flexibility index (Phi) is 7.23. The van der Waals surface area contributed by atoms with Crippen LogP contribution in [0, 0.1) is 0 Å². The molecule has 7 heteroatoms. The Balaban J connectivity index is 1.71. The first-order valence-corrected chi connectivity index (χ1v) is 15.1. The molecular formula is C31H26Cl2N2O2P+. The summed E-state index contributed by atoms with van der Waals surface area (Å²) in [4.78, 5) is 7.57. The summed E-state index contributed by atoms with van der Waals surface area (Å²) < 4.78 is 12.4. The molecule has 0 aliphatic carbocycles. The van der Waals surface area contributed by atoms with Gasteiger partial charge in [0.2, 0.25) is 5.89 Å². The fourth-order valence-electron chi connectivity index (χ4n) is 5.04. The van der Waals surface area contributed by atoms with Crippen LogP contribution in [0.2, 0.25) is 10.0 Å². The summed E-state index contributed by atoms with van der Waals surface area (Å²) >= 11 is 12.9. The van der Waals surface area contributed by atoms with Gasteiger partial charge in [0.25, 0.3) is 11.3 Å². The van der Waals surface area contributed by atoms with Crippen molar-refractivity contribution in [3.8, 4) is 11.5 Å². The van der Waals surface area contributed by atoms with Crippen molar-refractivity contribution in [2.75, 3.05) is 31.2 Å². The maximum absolute atomic E-state index is 6.69. The number of halogens is 2. The molecule has 1 fully saturated rings. The van der Waals surface area contributed by atoms with E-state index in [-0.39, 0.29) is 0 Å². The summed E-state index contributed by atoms with van der Waals surface area (Å²) in [6.45, 7) is 2.69. The van der Waals surface area contributed by atoms with E-state index < -0.39 is 7.26 Å². The monoisotopic (exact) mass is 559 g/mol. The van der Waals surface area contributed by atoms with Crippen molar-refractivity contribution in [2.45, 2.75) is 0 Å². The zero-order chi connectivity index (χ0) is 26.0. The summed E-state index contributed by atoms with van der Waals surface area (Å²) in [6, 6.07) is 37.4. The second kappa shape index (κ2) is 10.9. The van der Waals surface area contributed by atoms with E-state index in [1.165, 1.54) is 15.9 Å². The van der Waals surface area contributed by atoms with E-state index in [2.05, 4.69) is 95.9 Å². The predicted octanol–water partition coefficient (Wildman–Crippen LogP) is 6.10. The zero-order valence-corrected chi connectivity index (χ0v) is 23.0. The molecule has 0 unspecified atom stereocenters. The SMILES string of the molecule is Clc1ccc(-c2nc([P+](c3ccccc3)(c3ccccc3)c3ccccc3)c(N3CCOCC3)o2)c(Cl)c1. The Morgan fingerprint density at radius 3 is 1.71 bits per heavy atom. The summed E-state index contributed by atoms with van der Waals surface area (Å²) in [5, 5.41) is 4.68. The third-order valence-electron chi connectivity index (χ3n) is 6.80. The Morgan fingerprint density at radius 1 is 0.684 bits per heavy atom. The molecule has 2 heterocycles. The van der Waals surface area contributed by atoms with Gasteiger partial charge in [-0.25, -0.2) is 0 Å². The molecule has 1 aliphatic rings. The number of anilines is 1. The second-order valence-electron chi connectivity index (χ2n) is 9.05. The van der Waals surface area contributed by atoms with Crippen LogP contribution >= 0.6 is 30.5 Å². The highest BCUT2D eigenvalue weighted by atomic mass is 35.5. The lowest BCUT2D eigenvalue weighted by atomic mass is 10.2. The minimum absolute atomic E-state index is 0.482. The fraction of sp³-hybridized carbons (Fsp3) is 0.129. The summed E-state index contributed by atoms with van der Waals surface area (Å²) in [5.74, 6) is 1.24. The maximum Gasteiger partial charge on any atom is 0.262 e. The molecule has 5 aromatic rings. The summed E-state index contributed by atoms with van der Waals surface area (Å²) in [6.07, 6.45) is 0. The van der Waals surface area contributed by atoms with Gasteiger partial charge in [0.15, 0.2) is 7.26 Å². The van der Waals surface area contributed by atoms with Gasteiger partial charge in [0, 0.05) is 18.1 Å². The topological polar surface area (TPSA) is 38.5 Å². The minimum atomic E-state index is -2.49. The number of hydrogen-bond donors (Lipinski definition) is 0. The van der Waals surface area contributed by atoms with E-state index in [1.54, 1.807) is 6.07 Å². The molecule has 0 bridgehead atoms. The molecule has 0 saturated carbocycles. The van der Waals surface area contributed by atoms with Crippen molar-refractivity contribution >= 4 is 57.7 Å². The number of aromatic nitrogens is 1. The highest BCUT2D eigenvalue weighted by molar-refractivity contribution is 8.01. The molecule has 0 spiro atoms. The number of ether oxygens (including phenoxy) is 1. The molecular weight excluding hydrogens is 534 g/mol. The van der Waals surface area contributed by atoms with Crippen molar-refractivity contribution in [3.63, 3.8) is 0 Å². The lowest BCUT2D eigenvalue weighted by Gasteiger charge is -2.30. The van der Waals surface area contributed by atoms with Gasteiger partial charge in [-0.2, -0.15) is 4.98 Å². The van der Waals surface area contributed by atoms with Crippen LogP contribution in [0.4, 0.5) is 5.88 Å². The third kappa shape index (κ3) is 4.52. The van der Waals surface area contributed by atoms with Gasteiger partial charge in [-0.1, -0.05) is 77.8 Å². The van der Waals surface area contributed by atoms with E-state index in [9.17, 15) is 0 Å². The lowest BCUT2D eigenvalue weighted by molar-refractivity contribution is 0.121. The Morgan fingerprint density at radius 2 is 1.21 bits per heavy atom. The van der Waals surface area contributed by atoms with Crippen LogP contribution in [0.5, 0.6) is 0 Å². The summed E-state index contributed by atoms with van der Waals surface area (Å²) in [5.41, 5.74) is 1.63. The van der Waals surface area contributed by atoms with Crippen LogP contribution in [-0.2, 0) is 4.74 Å². The first-order valence-electron chi connectivity index (χ1n) is 12.5. The molecule has 38 heavy (non-hydrogen) atoms. The molecule has 1 aliphatic heterocycles. The zero-order valence-electron chi connectivity index (χ0n) is 20.6. The number of oxazole rings is 1. The van der Waals surface area contributed by atoms with Crippen molar-refractivity contribution in [3.05, 3.63) is 119 Å². The molecule has 0 atom stereocenters. The number of benzene rings is 4. The average molecular weight is 560 g/mol. The van der Waals surface area contributed by atoms with E-state index in [0.717, 1.165) is 11.3 Å². The van der Waals surface area contributed by atoms with E-state index in [1.807, 2.05) is 12.1 Å². The van der Waals surface area contributed by atoms with Crippen molar-refractivity contribution < 1.29 is 9.15 Å². The van der Waals surface area contributed by atoms with Crippen LogP contribution in [-0.4, -0.2) is 31.3 Å². The van der Waals surface area contributed by atoms with E-state index in [0.29, 0.717) is 47.8 Å². The molecule has 4 nitrogen and oxygen atoms in total. The minimum Gasteiger partial charge on any atom is -0.416 e. The number of morpholine rings is 1. The number of rotatable bonds is 6. The molecule has 1 saturated heterocycles. The van der Waals surface area contributed by atoms with Crippen LogP contribution in [0.15, 0.2) is 114 Å². The van der Waals surface area contributed by atoms with Crippen LogP contribution in [0.25, 0.3) is 11.5 Å². The highest BCUT2D eigenvalue weighted by Crippen LogP contribution is 2.56. The van der Waals surface area contributed by atoms with Gasteiger partial charge in [-0.05, 0) is 54.6 Å². The normalized spacial score (nSPS) is 14.0. The van der Waals surface area contributed by atoms with Gasteiger partial charge < -0.3 is 14.1 Å². The smallest absolute Gasteiger partial charge is 0.262 e. The highest BCUT2D eigenvalue weighted by Gasteiger charge is 2.53. The number of nitrogens with zero attached hydrogens (tertiary/aromatic N) is 2. The van der Waals surface area contributed by atoms with Gasteiger partial charge in [0.05, 0.1) is 23.8 Å². The molecule has 0 amide bonds. The number of hydrogen-bond acceptors (Lipinski definition) is 4. The first-order chi connectivity index (χ1) is 18.7. The van der Waals surface area contributed by atoms with Crippen LogP contribution < -0.4 is 26.2 Å². The Hall–Kier alpha value is -3.14. The fourth-order valence-corrected chi connectivity index (χ4v) is 9.73. The first kappa shape index (κ1) is 25.2. The summed E-state index contributed by atoms with van der Waals surface area (Å²) in [7, 11) is -2.49. The predicted molar refractivity (Wildman–Crippen MR) is 160 cm³/mol. The average Bonchev–Trinajstić information content (AvgIpc) is 3.41. The molecule has 4 aromatic carbocycles.